The highest BCUT2D eigenvalue weighted by Crippen LogP contribution is 2.37. The first kappa shape index (κ1) is 23.1. The molecule has 0 saturated carbocycles. The second-order valence-corrected chi connectivity index (χ2v) is 8.45. The van der Waals surface area contributed by atoms with E-state index in [1.807, 2.05) is 58.0 Å². The van der Waals surface area contributed by atoms with Crippen molar-refractivity contribution in [3.63, 3.8) is 0 Å². The molecule has 0 aliphatic carbocycles. The number of amides is 2. The molecule has 4 rings (SSSR count). The van der Waals surface area contributed by atoms with Crippen LogP contribution in [0.5, 0.6) is 11.5 Å². The number of carbonyl (C=O) groups excluding carboxylic acids is 2. The molecule has 0 radical (unpaired) electrons. The number of aryl methyl sites for hydroxylation is 4. The summed E-state index contributed by atoms with van der Waals surface area (Å²) < 4.78 is 10.8. The van der Waals surface area contributed by atoms with E-state index in [9.17, 15) is 9.59 Å². The zero-order chi connectivity index (χ0) is 24.6. The van der Waals surface area contributed by atoms with E-state index >= 15 is 0 Å². The van der Waals surface area contributed by atoms with Gasteiger partial charge in [0, 0.05) is 6.07 Å². The van der Waals surface area contributed by atoms with Crippen molar-refractivity contribution in [3.8, 4) is 11.5 Å². The maximum absolute atomic E-state index is 13.7. The Hall–Kier alpha value is -4.06. The molecule has 34 heavy (non-hydrogen) atoms. The molecule has 0 atom stereocenters. The number of rotatable bonds is 6. The van der Waals surface area contributed by atoms with E-state index in [1.165, 1.54) is 4.90 Å². The smallest absolute Gasteiger partial charge is 0.282 e. The van der Waals surface area contributed by atoms with Crippen molar-refractivity contribution in [3.05, 3.63) is 88.1 Å². The van der Waals surface area contributed by atoms with Crippen molar-refractivity contribution in [1.29, 1.82) is 0 Å². The fourth-order valence-corrected chi connectivity index (χ4v) is 3.95. The van der Waals surface area contributed by atoms with Crippen LogP contribution >= 0.6 is 0 Å². The molecule has 6 nitrogen and oxygen atoms in total. The van der Waals surface area contributed by atoms with E-state index < -0.39 is 5.91 Å². The summed E-state index contributed by atoms with van der Waals surface area (Å²) >= 11 is 0. The SMILES string of the molecule is COc1ccc(NC2=C(c3ccc(C)c(C)c3)C(=O)N(c3ccc(C)c(C)c3)C2=O)c(OC)c1. The molecule has 1 heterocycles. The minimum atomic E-state index is -0.417. The molecule has 0 unspecified atom stereocenters. The second-order valence-electron chi connectivity index (χ2n) is 8.45. The van der Waals surface area contributed by atoms with Crippen LogP contribution in [0, 0.1) is 27.7 Å². The summed E-state index contributed by atoms with van der Waals surface area (Å²) in [5.41, 5.74) is 6.55. The third-order valence-electron chi connectivity index (χ3n) is 6.30. The molecular formula is C28H28N2O4. The molecule has 0 aromatic heterocycles. The van der Waals surface area contributed by atoms with Gasteiger partial charge in [0.1, 0.15) is 17.2 Å². The highest BCUT2D eigenvalue weighted by molar-refractivity contribution is 6.46. The van der Waals surface area contributed by atoms with E-state index in [4.69, 9.17) is 9.47 Å². The first-order valence-corrected chi connectivity index (χ1v) is 11.0. The van der Waals surface area contributed by atoms with Gasteiger partial charge in [-0.15, -0.1) is 0 Å². The van der Waals surface area contributed by atoms with Crippen LogP contribution in [0.2, 0.25) is 0 Å². The summed E-state index contributed by atoms with van der Waals surface area (Å²) in [6.07, 6.45) is 0. The Bertz CT molecular complexity index is 1340. The van der Waals surface area contributed by atoms with Gasteiger partial charge in [0.15, 0.2) is 0 Å². The van der Waals surface area contributed by atoms with Crippen molar-refractivity contribution in [1.82, 2.24) is 0 Å². The fraction of sp³-hybridized carbons (Fsp3) is 0.214. The topological polar surface area (TPSA) is 67.9 Å². The molecule has 2 amide bonds. The Kier molecular flexibility index (Phi) is 6.16. The largest absolute Gasteiger partial charge is 0.497 e. The minimum absolute atomic E-state index is 0.204. The highest BCUT2D eigenvalue weighted by Gasteiger charge is 2.40. The van der Waals surface area contributed by atoms with Crippen LogP contribution in [0.4, 0.5) is 11.4 Å². The molecule has 0 bridgehead atoms. The van der Waals surface area contributed by atoms with Crippen LogP contribution < -0.4 is 19.7 Å². The van der Waals surface area contributed by atoms with Crippen molar-refractivity contribution < 1.29 is 19.1 Å². The maximum Gasteiger partial charge on any atom is 0.282 e. The summed E-state index contributed by atoms with van der Waals surface area (Å²) in [4.78, 5) is 28.6. The lowest BCUT2D eigenvalue weighted by Crippen LogP contribution is -2.32. The first-order valence-electron chi connectivity index (χ1n) is 11.0. The lowest BCUT2D eigenvalue weighted by atomic mass is 9.99. The van der Waals surface area contributed by atoms with E-state index in [0.717, 1.165) is 22.3 Å². The lowest BCUT2D eigenvalue weighted by Gasteiger charge is -2.17. The average Bonchev–Trinajstić information content (AvgIpc) is 3.07. The molecule has 0 spiro atoms. The standard InChI is InChI=1S/C28H28N2O4/c1-16-7-9-20(13-18(16)3)25-26(29-23-12-11-22(33-5)15-24(23)34-6)28(32)30(27(25)31)21-10-8-17(2)19(4)14-21/h7-15,29H,1-6H3. The molecular weight excluding hydrogens is 428 g/mol. The molecule has 0 fully saturated rings. The van der Waals surface area contributed by atoms with Gasteiger partial charge in [-0.1, -0.05) is 24.3 Å². The summed E-state index contributed by atoms with van der Waals surface area (Å²) in [5.74, 6) is 0.332. The predicted octanol–water partition coefficient (Wildman–Crippen LogP) is 5.33. The minimum Gasteiger partial charge on any atom is -0.497 e. The van der Waals surface area contributed by atoms with Gasteiger partial charge in [-0.2, -0.15) is 0 Å². The number of anilines is 2. The second kappa shape index (κ2) is 9.06. The van der Waals surface area contributed by atoms with Gasteiger partial charge < -0.3 is 14.8 Å². The zero-order valence-electron chi connectivity index (χ0n) is 20.3. The normalized spacial score (nSPS) is 13.5. The Morgan fingerprint density at radius 3 is 2.00 bits per heavy atom. The third kappa shape index (κ3) is 4.03. The van der Waals surface area contributed by atoms with E-state index in [1.54, 1.807) is 38.5 Å². The predicted molar refractivity (Wildman–Crippen MR) is 134 cm³/mol. The Morgan fingerprint density at radius 2 is 1.38 bits per heavy atom. The third-order valence-corrected chi connectivity index (χ3v) is 6.30. The van der Waals surface area contributed by atoms with Crippen LogP contribution in [0.1, 0.15) is 27.8 Å². The summed E-state index contributed by atoms with van der Waals surface area (Å²) in [5, 5.41) is 3.19. The number of imide groups is 1. The number of nitrogens with one attached hydrogen (secondary N) is 1. The van der Waals surface area contributed by atoms with Crippen molar-refractivity contribution in [2.75, 3.05) is 24.4 Å². The number of ether oxygens (including phenoxy) is 2. The van der Waals surface area contributed by atoms with Gasteiger partial charge in [-0.3, -0.25) is 9.59 Å². The van der Waals surface area contributed by atoms with Gasteiger partial charge in [0.2, 0.25) is 0 Å². The number of methoxy groups -OCH3 is 2. The Balaban J connectivity index is 1.86. The van der Waals surface area contributed by atoms with Gasteiger partial charge in [0.05, 0.1) is 31.2 Å². The summed E-state index contributed by atoms with van der Waals surface area (Å²) in [6.45, 7) is 7.95. The number of nitrogens with zero attached hydrogens (tertiary/aromatic N) is 1. The van der Waals surface area contributed by atoms with E-state index in [-0.39, 0.29) is 11.6 Å². The summed E-state index contributed by atoms with van der Waals surface area (Å²) in [6, 6.07) is 16.6. The lowest BCUT2D eigenvalue weighted by molar-refractivity contribution is -0.120. The van der Waals surface area contributed by atoms with Crippen molar-refractivity contribution in [2.45, 2.75) is 27.7 Å². The van der Waals surface area contributed by atoms with Gasteiger partial charge >= 0.3 is 0 Å². The number of hydrogen-bond acceptors (Lipinski definition) is 5. The van der Waals surface area contributed by atoms with Crippen LogP contribution in [-0.2, 0) is 9.59 Å². The first-order chi connectivity index (χ1) is 16.2. The zero-order valence-corrected chi connectivity index (χ0v) is 20.3. The average molecular weight is 457 g/mol. The molecule has 0 saturated heterocycles. The molecule has 1 aliphatic heterocycles. The fourth-order valence-electron chi connectivity index (χ4n) is 3.95. The Labute approximate surface area is 199 Å². The molecule has 1 aliphatic rings. The maximum atomic E-state index is 13.7. The van der Waals surface area contributed by atoms with Crippen LogP contribution in [0.3, 0.4) is 0 Å². The van der Waals surface area contributed by atoms with Crippen molar-refractivity contribution >= 4 is 28.8 Å². The van der Waals surface area contributed by atoms with Crippen molar-refractivity contribution in [2.24, 2.45) is 0 Å². The Morgan fingerprint density at radius 1 is 0.706 bits per heavy atom. The van der Waals surface area contributed by atoms with Crippen LogP contribution in [0.25, 0.3) is 5.57 Å². The quantitative estimate of drug-likeness (QED) is 0.508. The number of benzene rings is 3. The van der Waals surface area contributed by atoms with Crippen LogP contribution in [-0.4, -0.2) is 26.0 Å². The monoisotopic (exact) mass is 456 g/mol. The summed E-state index contributed by atoms with van der Waals surface area (Å²) in [7, 11) is 3.12. The number of carbonyl (C=O) groups is 2. The number of hydrogen-bond donors (Lipinski definition) is 1. The van der Waals surface area contributed by atoms with E-state index in [0.29, 0.717) is 34.0 Å². The molecule has 174 valence electrons. The van der Waals surface area contributed by atoms with Gasteiger partial charge in [-0.25, -0.2) is 4.90 Å². The van der Waals surface area contributed by atoms with Gasteiger partial charge in [-0.05, 0) is 79.8 Å². The molecule has 1 N–H and O–H groups in total. The molecule has 3 aromatic rings. The van der Waals surface area contributed by atoms with Crippen LogP contribution in [0.15, 0.2) is 60.3 Å². The van der Waals surface area contributed by atoms with E-state index in [2.05, 4.69) is 5.32 Å². The molecule has 6 heteroatoms. The molecule has 3 aromatic carbocycles. The highest BCUT2D eigenvalue weighted by atomic mass is 16.5. The van der Waals surface area contributed by atoms with Gasteiger partial charge in [0.25, 0.3) is 11.8 Å².